The Kier molecular flexibility index (Phi) is 5.97. The molecule has 0 saturated heterocycles. The normalized spacial score (nSPS) is 11.5. The van der Waals surface area contributed by atoms with Crippen molar-refractivity contribution in [2.24, 2.45) is 0 Å². The summed E-state index contributed by atoms with van der Waals surface area (Å²) in [5.74, 6) is 0. The van der Waals surface area contributed by atoms with Gasteiger partial charge in [0.25, 0.3) is 0 Å². The number of hydrogen-bond donors (Lipinski definition) is 0. The Morgan fingerprint density at radius 2 is 1.18 bits per heavy atom. The number of nitrogens with zero attached hydrogens (tertiary/aromatic N) is 5. The van der Waals surface area contributed by atoms with Crippen molar-refractivity contribution in [1.82, 2.24) is 9.13 Å². The molecule has 0 aliphatic heterocycles. The SMILES string of the molecule is [C-]#[N+]c1cc([N+]#[C-])c(-n2c3ccccc3c3ccccc32)c(-c2cc(C#N)cc(-n3c4ccccc4c4ccc5c6ccccc6oc5c43)c2)c1. The molecule has 0 aliphatic carbocycles. The number of nitriles is 1. The van der Waals surface area contributed by atoms with Crippen LogP contribution in [0.4, 0.5) is 11.4 Å². The van der Waals surface area contributed by atoms with Crippen LogP contribution in [0.15, 0.2) is 144 Å². The minimum Gasteiger partial charge on any atom is -0.454 e. The van der Waals surface area contributed by atoms with Gasteiger partial charge in [0.15, 0.2) is 11.3 Å². The molecule has 51 heavy (non-hydrogen) atoms. The molecule has 10 aromatic rings. The first-order chi connectivity index (χ1) is 25.2. The Morgan fingerprint density at radius 1 is 0.569 bits per heavy atom. The second-order valence-corrected chi connectivity index (χ2v) is 12.6. The van der Waals surface area contributed by atoms with Crippen molar-refractivity contribution in [2.45, 2.75) is 0 Å². The lowest BCUT2D eigenvalue weighted by Crippen LogP contribution is -2.00. The summed E-state index contributed by atoms with van der Waals surface area (Å²) in [7, 11) is 0. The minimum absolute atomic E-state index is 0.352. The second-order valence-electron chi connectivity index (χ2n) is 12.6. The van der Waals surface area contributed by atoms with Gasteiger partial charge >= 0.3 is 0 Å². The zero-order valence-corrected chi connectivity index (χ0v) is 26.9. The monoisotopic (exact) mass is 649 g/mol. The number of rotatable bonds is 3. The minimum atomic E-state index is 0.352. The summed E-state index contributed by atoms with van der Waals surface area (Å²) in [6.45, 7) is 16.3. The average molecular weight is 650 g/mol. The van der Waals surface area contributed by atoms with E-state index in [9.17, 15) is 5.26 Å². The largest absolute Gasteiger partial charge is 0.454 e. The standard InChI is InChI=1S/C45H23N5O/c1-47-29-24-37(43(38(25-29)48-2)50-40-16-8-3-11-31(40)32-12-4-9-17-41(32)50)28-21-27(26-46)22-30(23-28)49-39-15-7-5-13-33(39)35-19-20-36-34-14-6-10-18-42(34)51-45(36)44(35)49/h3-25H. The van der Waals surface area contributed by atoms with Gasteiger partial charge in [0.05, 0.1) is 52.5 Å². The third-order valence-corrected chi connectivity index (χ3v) is 9.92. The molecule has 0 spiro atoms. The molecule has 0 N–H and O–H groups in total. The molecular formula is C45H23N5O. The quantitative estimate of drug-likeness (QED) is 0.179. The molecule has 6 nitrogen and oxygen atoms in total. The smallest absolute Gasteiger partial charge is 0.201 e. The van der Waals surface area contributed by atoms with E-state index < -0.39 is 0 Å². The fraction of sp³-hybridized carbons (Fsp3) is 0. The molecule has 0 amide bonds. The Balaban J connectivity index is 1.34. The molecule has 0 fully saturated rings. The molecule has 0 atom stereocenters. The topological polar surface area (TPSA) is 55.5 Å². The van der Waals surface area contributed by atoms with Crippen LogP contribution in [0.5, 0.6) is 0 Å². The van der Waals surface area contributed by atoms with Crippen LogP contribution in [0.1, 0.15) is 5.56 Å². The Morgan fingerprint density at radius 3 is 1.84 bits per heavy atom. The summed E-state index contributed by atoms with van der Waals surface area (Å²) in [5, 5.41) is 16.8. The summed E-state index contributed by atoms with van der Waals surface area (Å²) in [5.41, 5.74) is 9.37. The highest BCUT2D eigenvalue weighted by Gasteiger charge is 2.23. The van der Waals surface area contributed by atoms with E-state index in [1.54, 1.807) is 6.07 Å². The van der Waals surface area contributed by atoms with Crippen molar-refractivity contribution in [3.8, 4) is 28.6 Å². The molecule has 0 saturated carbocycles. The third kappa shape index (κ3) is 4.01. The summed E-state index contributed by atoms with van der Waals surface area (Å²) in [6, 6.07) is 48.6. The van der Waals surface area contributed by atoms with E-state index in [1.165, 1.54) is 0 Å². The van der Waals surface area contributed by atoms with Crippen LogP contribution in [-0.4, -0.2) is 9.13 Å². The van der Waals surface area contributed by atoms with Crippen molar-refractivity contribution in [3.63, 3.8) is 0 Å². The summed E-state index contributed by atoms with van der Waals surface area (Å²) in [6.07, 6.45) is 0. The van der Waals surface area contributed by atoms with Gasteiger partial charge in [0, 0.05) is 38.0 Å². The van der Waals surface area contributed by atoms with Gasteiger partial charge in [0.1, 0.15) is 5.58 Å². The number of furan rings is 1. The average Bonchev–Trinajstić information content (AvgIpc) is 3.85. The maximum atomic E-state index is 10.5. The highest BCUT2D eigenvalue weighted by molar-refractivity contribution is 6.21. The van der Waals surface area contributed by atoms with E-state index in [0.717, 1.165) is 76.8 Å². The first kappa shape index (κ1) is 28.4. The molecular weight excluding hydrogens is 627 g/mol. The zero-order chi connectivity index (χ0) is 34.2. The number of benzene rings is 7. The van der Waals surface area contributed by atoms with Gasteiger partial charge in [-0.3, -0.25) is 0 Å². The van der Waals surface area contributed by atoms with E-state index in [2.05, 4.69) is 85.6 Å². The van der Waals surface area contributed by atoms with Crippen LogP contribution in [0.3, 0.4) is 0 Å². The van der Waals surface area contributed by atoms with Crippen LogP contribution in [-0.2, 0) is 0 Å². The lowest BCUT2D eigenvalue weighted by molar-refractivity contribution is 0.671. The predicted octanol–water partition coefficient (Wildman–Crippen LogP) is 12.4. The molecule has 0 aliphatic rings. The van der Waals surface area contributed by atoms with E-state index in [1.807, 2.05) is 72.8 Å². The molecule has 10 rings (SSSR count). The lowest BCUT2D eigenvalue weighted by atomic mass is 9.98. The number of hydrogen-bond acceptors (Lipinski definition) is 2. The van der Waals surface area contributed by atoms with E-state index in [4.69, 9.17) is 17.6 Å². The molecule has 7 aromatic carbocycles. The van der Waals surface area contributed by atoms with Gasteiger partial charge < -0.3 is 13.6 Å². The van der Waals surface area contributed by atoms with Crippen LogP contribution >= 0.6 is 0 Å². The summed E-state index contributed by atoms with van der Waals surface area (Å²) >= 11 is 0. The zero-order valence-electron chi connectivity index (χ0n) is 26.9. The first-order valence-corrected chi connectivity index (χ1v) is 16.5. The van der Waals surface area contributed by atoms with Crippen molar-refractivity contribution in [1.29, 1.82) is 5.26 Å². The molecule has 234 valence electrons. The van der Waals surface area contributed by atoms with Crippen molar-refractivity contribution in [3.05, 3.63) is 168 Å². The Bertz CT molecular complexity index is 3190. The second kappa shape index (κ2) is 10.7. The molecule has 0 radical (unpaired) electrons. The maximum Gasteiger partial charge on any atom is 0.201 e. The summed E-state index contributed by atoms with van der Waals surface area (Å²) in [4.78, 5) is 7.77. The highest BCUT2D eigenvalue weighted by atomic mass is 16.3. The molecule has 0 unspecified atom stereocenters. The molecule has 0 bridgehead atoms. The van der Waals surface area contributed by atoms with Gasteiger partial charge in [-0.05, 0) is 71.8 Å². The van der Waals surface area contributed by atoms with Crippen LogP contribution in [0.25, 0.3) is 97.7 Å². The summed E-state index contributed by atoms with van der Waals surface area (Å²) < 4.78 is 10.9. The van der Waals surface area contributed by atoms with E-state index >= 15 is 0 Å². The number of fused-ring (bicyclic) bond motifs is 10. The van der Waals surface area contributed by atoms with Crippen LogP contribution in [0, 0.1) is 24.5 Å². The van der Waals surface area contributed by atoms with Crippen LogP contribution in [0.2, 0.25) is 0 Å². The highest BCUT2D eigenvalue weighted by Crippen LogP contribution is 2.45. The van der Waals surface area contributed by atoms with Gasteiger partial charge in [-0.1, -0.05) is 78.9 Å². The fourth-order valence-electron chi connectivity index (χ4n) is 7.83. The molecule has 3 heterocycles. The lowest BCUT2D eigenvalue weighted by Gasteiger charge is -2.18. The van der Waals surface area contributed by atoms with Gasteiger partial charge in [0.2, 0.25) is 5.69 Å². The van der Waals surface area contributed by atoms with Gasteiger partial charge in [-0.15, -0.1) is 0 Å². The molecule has 6 heteroatoms. The van der Waals surface area contributed by atoms with Gasteiger partial charge in [-0.25, -0.2) is 9.69 Å². The van der Waals surface area contributed by atoms with E-state index in [-0.39, 0.29) is 0 Å². The fourth-order valence-corrected chi connectivity index (χ4v) is 7.83. The third-order valence-electron chi connectivity index (χ3n) is 9.92. The van der Waals surface area contributed by atoms with E-state index in [0.29, 0.717) is 28.2 Å². The van der Waals surface area contributed by atoms with Crippen molar-refractivity contribution < 1.29 is 4.42 Å². The predicted molar refractivity (Wildman–Crippen MR) is 205 cm³/mol. The maximum absolute atomic E-state index is 10.5. The van der Waals surface area contributed by atoms with Crippen LogP contribution < -0.4 is 0 Å². The number of aromatic nitrogens is 2. The molecule has 3 aromatic heterocycles. The van der Waals surface area contributed by atoms with Crippen molar-refractivity contribution >= 4 is 76.9 Å². The van der Waals surface area contributed by atoms with Crippen molar-refractivity contribution in [2.75, 3.05) is 0 Å². The Hall–Kier alpha value is -7.59. The Labute approximate surface area is 291 Å². The number of para-hydroxylation sites is 4. The first-order valence-electron chi connectivity index (χ1n) is 16.5. The van der Waals surface area contributed by atoms with Gasteiger partial charge in [-0.2, -0.15) is 5.26 Å².